The van der Waals surface area contributed by atoms with Gasteiger partial charge in [0.15, 0.2) is 17.5 Å². The van der Waals surface area contributed by atoms with E-state index in [4.69, 9.17) is 24.7 Å². The predicted octanol–water partition coefficient (Wildman–Crippen LogP) is 10.00. The van der Waals surface area contributed by atoms with Crippen LogP contribution in [0.25, 0.3) is 77.6 Å². The Morgan fingerprint density at radius 1 is 0.286 bits per heavy atom. The third-order valence-corrected chi connectivity index (χ3v) is 6.12. The zero-order chi connectivity index (χ0) is 49.6. The topological polar surface area (TPSA) is 38.7 Å². The lowest BCUT2D eigenvalue weighted by Crippen LogP contribution is -2.00. The van der Waals surface area contributed by atoms with Crippen LogP contribution in [0.1, 0.15) is 34.3 Å². The molecule has 196 valence electrons. The first-order valence-corrected chi connectivity index (χ1v) is 12.1. The van der Waals surface area contributed by atoms with Gasteiger partial charge >= 0.3 is 0 Å². The van der Waals surface area contributed by atoms with E-state index in [9.17, 15) is 9.60 Å². The van der Waals surface area contributed by atoms with Crippen LogP contribution in [-0.4, -0.2) is 15.0 Å². The van der Waals surface area contributed by atoms with Crippen molar-refractivity contribution in [3.05, 3.63) is 151 Å². The Balaban J connectivity index is 1.52. The van der Waals surface area contributed by atoms with Gasteiger partial charge in [0, 0.05) is 16.7 Å². The molecule has 7 aromatic carbocycles. The summed E-state index contributed by atoms with van der Waals surface area (Å²) in [6, 6.07) is -21.6. The highest BCUT2D eigenvalue weighted by Gasteiger charge is 2.13. The smallest absolute Gasteiger partial charge is 0.164 e. The lowest BCUT2D eigenvalue weighted by molar-refractivity contribution is 1.07. The standard InChI is InChI=1S/C39H25N3/c1-3-11-27(12-4-1)37-40-38(28-13-5-2-6-14-28)42-39(41-37)29-21-19-26(20-22-29)30-23-24-35-33-17-8-7-15-31(33)32-16-9-10-18-34(32)36(35)25-30/h1-25H/i1D,2D,3D,4D,5D,6D,7D,8D,9D,10D,11D,12D,13D,14D,15D,16D,17D,18D,19D,20D,21D,22D,23D,24D,25D. The Hall–Kier alpha value is -5.67. The maximum absolute atomic E-state index is 9.53. The molecule has 0 aliphatic rings. The number of hydrogen-bond acceptors (Lipinski definition) is 3. The summed E-state index contributed by atoms with van der Waals surface area (Å²) in [5.74, 6) is -2.38. The molecule has 0 aliphatic carbocycles. The first-order chi connectivity index (χ1) is 31.2. The second kappa shape index (κ2) is 10.1. The minimum absolute atomic E-state index is 0.433. The molecule has 3 heteroatoms. The largest absolute Gasteiger partial charge is 0.208 e. The Labute approximate surface area is 278 Å². The zero-order valence-electron chi connectivity index (χ0n) is 45.8. The van der Waals surface area contributed by atoms with Gasteiger partial charge in [0.1, 0.15) is 0 Å². The van der Waals surface area contributed by atoms with Crippen molar-refractivity contribution in [2.75, 3.05) is 0 Å². The van der Waals surface area contributed by atoms with Crippen LogP contribution in [0.2, 0.25) is 0 Å². The summed E-state index contributed by atoms with van der Waals surface area (Å²) in [7, 11) is 0. The van der Waals surface area contributed by atoms with Gasteiger partial charge in [0.2, 0.25) is 0 Å². The normalized spacial score (nSPS) is 19.7. The van der Waals surface area contributed by atoms with E-state index < -0.39 is 229 Å². The molecule has 8 rings (SSSR count). The molecule has 0 amide bonds. The number of nitrogens with zero attached hydrogens (tertiary/aromatic N) is 3. The van der Waals surface area contributed by atoms with E-state index in [2.05, 4.69) is 15.0 Å². The minimum atomic E-state index is -1.03. The van der Waals surface area contributed by atoms with Gasteiger partial charge in [-0.1, -0.05) is 145 Å². The summed E-state index contributed by atoms with van der Waals surface area (Å²) >= 11 is 0. The second-order valence-electron chi connectivity index (χ2n) is 8.56. The molecule has 0 spiro atoms. The number of fused-ring (bicyclic) bond motifs is 6. The summed E-state index contributed by atoms with van der Waals surface area (Å²) in [6.45, 7) is 0. The van der Waals surface area contributed by atoms with Gasteiger partial charge in [-0.15, -0.1) is 0 Å². The van der Waals surface area contributed by atoms with E-state index >= 15 is 0 Å². The molecule has 0 N–H and O–H groups in total. The SMILES string of the molecule is [2H]c1c([2H])c([2H])c(-c2nc(-c3c([2H])c([2H])c([2H])c([2H])c3[2H])nc(-c3c([2H])c([2H])c(-c4c([2H])c([2H])c5c6c([2H])c([2H])c([2H])c([2H])c6c6c([2H])c([2H])c([2H])c([2H])c6c5c4[2H])c([2H])c3[2H])n2)c([2H])c1[2H]. The quantitative estimate of drug-likeness (QED) is 0.201. The van der Waals surface area contributed by atoms with Gasteiger partial charge < -0.3 is 0 Å². The van der Waals surface area contributed by atoms with E-state index in [-0.39, 0.29) is 0 Å². The highest BCUT2D eigenvalue weighted by atomic mass is 15.0. The van der Waals surface area contributed by atoms with Crippen molar-refractivity contribution in [1.82, 2.24) is 15.0 Å². The summed E-state index contributed by atoms with van der Waals surface area (Å²) in [5, 5.41) is -2.91. The van der Waals surface area contributed by atoms with Crippen molar-refractivity contribution in [2.45, 2.75) is 0 Å². The molecule has 0 radical (unpaired) electrons. The molecule has 0 aliphatic heterocycles. The first-order valence-electron chi connectivity index (χ1n) is 24.6. The highest BCUT2D eigenvalue weighted by Crippen LogP contribution is 2.37. The Kier molecular flexibility index (Phi) is 2.33. The Bertz CT molecular complexity index is 3430. The molecule has 42 heavy (non-hydrogen) atoms. The zero-order valence-corrected chi connectivity index (χ0v) is 20.8. The van der Waals surface area contributed by atoms with Crippen molar-refractivity contribution >= 4 is 32.3 Å². The van der Waals surface area contributed by atoms with E-state index in [0.29, 0.717) is 0 Å². The van der Waals surface area contributed by atoms with Crippen LogP contribution in [0.15, 0.2) is 151 Å². The maximum atomic E-state index is 9.53. The van der Waals surface area contributed by atoms with Crippen LogP contribution in [0.5, 0.6) is 0 Å². The third kappa shape index (κ3) is 4.20. The van der Waals surface area contributed by atoms with Crippen LogP contribution < -0.4 is 0 Å². The van der Waals surface area contributed by atoms with Crippen molar-refractivity contribution in [3.8, 4) is 45.3 Å². The van der Waals surface area contributed by atoms with Crippen molar-refractivity contribution in [3.63, 3.8) is 0 Å². The molecule has 3 nitrogen and oxygen atoms in total. The fourth-order valence-electron chi connectivity index (χ4n) is 4.27. The molecule has 0 unspecified atom stereocenters. The second-order valence-corrected chi connectivity index (χ2v) is 8.56. The van der Waals surface area contributed by atoms with Gasteiger partial charge in [-0.05, 0) is 49.5 Å². The van der Waals surface area contributed by atoms with Crippen LogP contribution in [0.3, 0.4) is 0 Å². The number of hydrogen-bond donors (Lipinski definition) is 0. The number of benzene rings is 7. The van der Waals surface area contributed by atoms with Crippen molar-refractivity contribution in [1.29, 1.82) is 0 Å². The highest BCUT2D eigenvalue weighted by molar-refractivity contribution is 6.25. The lowest BCUT2D eigenvalue weighted by atomic mass is 9.92. The van der Waals surface area contributed by atoms with Gasteiger partial charge in [-0.25, -0.2) is 15.0 Å². The Morgan fingerprint density at radius 2 is 0.619 bits per heavy atom. The van der Waals surface area contributed by atoms with Crippen molar-refractivity contribution < 1.29 is 34.3 Å². The van der Waals surface area contributed by atoms with Gasteiger partial charge in [-0.2, -0.15) is 0 Å². The molecule has 1 aromatic heterocycles. The van der Waals surface area contributed by atoms with E-state index in [1.807, 2.05) is 0 Å². The van der Waals surface area contributed by atoms with Crippen LogP contribution in [-0.2, 0) is 0 Å². The summed E-state index contributed by atoms with van der Waals surface area (Å²) in [4.78, 5) is 12.5. The summed E-state index contributed by atoms with van der Waals surface area (Å²) < 4.78 is 217. The van der Waals surface area contributed by atoms with E-state index in [1.165, 1.54) is 0 Å². The average Bonchev–Trinajstić information content (AvgIpc) is 3.30. The summed E-state index contributed by atoms with van der Waals surface area (Å²) in [5.41, 5.74) is -3.75. The molecule has 0 bridgehead atoms. The molecule has 0 atom stereocenters. The Morgan fingerprint density at radius 3 is 1.10 bits per heavy atom. The average molecular weight is 561 g/mol. The minimum Gasteiger partial charge on any atom is -0.208 e. The fraction of sp³-hybridized carbons (Fsp3) is 0. The van der Waals surface area contributed by atoms with Crippen LogP contribution in [0, 0.1) is 0 Å². The molecular weight excluding hydrogens is 510 g/mol. The molecule has 0 fully saturated rings. The van der Waals surface area contributed by atoms with Gasteiger partial charge in [0.05, 0.1) is 34.3 Å². The molecule has 1 heterocycles. The van der Waals surface area contributed by atoms with Crippen LogP contribution >= 0.6 is 0 Å². The molecule has 0 saturated carbocycles. The summed E-state index contributed by atoms with van der Waals surface area (Å²) in [6.07, 6.45) is 0. The third-order valence-electron chi connectivity index (χ3n) is 6.12. The number of rotatable bonds is 4. The lowest BCUT2D eigenvalue weighted by Gasteiger charge is -2.12. The van der Waals surface area contributed by atoms with Crippen LogP contribution in [0.4, 0.5) is 0 Å². The molecule has 0 saturated heterocycles. The number of aromatic nitrogens is 3. The van der Waals surface area contributed by atoms with Crippen molar-refractivity contribution in [2.24, 2.45) is 0 Å². The van der Waals surface area contributed by atoms with E-state index in [1.54, 1.807) is 0 Å². The molecule has 8 aromatic rings. The maximum Gasteiger partial charge on any atom is 0.164 e. The van der Waals surface area contributed by atoms with Gasteiger partial charge in [-0.3, -0.25) is 0 Å². The monoisotopic (exact) mass is 560 g/mol. The van der Waals surface area contributed by atoms with Gasteiger partial charge in [0.25, 0.3) is 0 Å². The molecular formula is C39H25N3. The first kappa shape index (κ1) is 9.71. The fourth-order valence-corrected chi connectivity index (χ4v) is 4.27. The predicted molar refractivity (Wildman–Crippen MR) is 174 cm³/mol. The van der Waals surface area contributed by atoms with E-state index in [0.717, 1.165) is 0 Å².